The second kappa shape index (κ2) is 6.42. The molecule has 0 aliphatic heterocycles. The number of aliphatic carboxylic acids is 1. The molecule has 0 spiro atoms. The molecule has 1 aliphatic carbocycles. The highest BCUT2D eigenvalue weighted by Gasteiger charge is 2.30. The minimum Gasteiger partial charge on any atom is -0.482 e. The van der Waals surface area contributed by atoms with Gasteiger partial charge in [-0.3, -0.25) is 0 Å². The number of aliphatic hydroxyl groups is 1. The minimum atomic E-state index is -3.69. The Morgan fingerprint density at radius 2 is 1.95 bits per heavy atom. The summed E-state index contributed by atoms with van der Waals surface area (Å²) in [6.07, 6.45) is 1.20. The first-order valence-corrected chi connectivity index (χ1v) is 7.99. The number of hydrogen-bond donors (Lipinski definition) is 3. The van der Waals surface area contributed by atoms with Gasteiger partial charge in [0.2, 0.25) is 10.0 Å². The SMILES string of the molecule is O=C(O)COc1ccc(S(=O)(=O)NCC(O)C2CC2)cc1. The number of aliphatic hydroxyl groups excluding tert-OH is 1. The van der Waals surface area contributed by atoms with E-state index in [4.69, 9.17) is 9.84 Å². The van der Waals surface area contributed by atoms with Crippen LogP contribution in [0.5, 0.6) is 5.75 Å². The lowest BCUT2D eigenvalue weighted by Gasteiger charge is -2.11. The summed E-state index contributed by atoms with van der Waals surface area (Å²) in [7, 11) is -3.69. The summed E-state index contributed by atoms with van der Waals surface area (Å²) in [6, 6.07) is 5.41. The van der Waals surface area contributed by atoms with E-state index < -0.39 is 28.7 Å². The van der Waals surface area contributed by atoms with Gasteiger partial charge in [-0.15, -0.1) is 0 Å². The van der Waals surface area contributed by atoms with Crippen molar-refractivity contribution in [3.63, 3.8) is 0 Å². The second-order valence-corrected chi connectivity index (χ2v) is 6.68. The number of carboxylic acid groups (broad SMARTS) is 1. The van der Waals surface area contributed by atoms with Gasteiger partial charge in [-0.2, -0.15) is 0 Å². The first kappa shape index (κ1) is 15.7. The summed E-state index contributed by atoms with van der Waals surface area (Å²) in [4.78, 5) is 10.4. The fraction of sp³-hybridized carbons (Fsp3) is 0.462. The molecule has 1 aromatic rings. The summed E-state index contributed by atoms with van der Waals surface area (Å²) in [5.74, 6) is -0.642. The van der Waals surface area contributed by atoms with Crippen molar-refractivity contribution in [1.82, 2.24) is 4.72 Å². The Balaban J connectivity index is 1.94. The molecule has 0 amide bonds. The zero-order chi connectivity index (χ0) is 15.5. The van der Waals surface area contributed by atoms with Crippen LogP contribution in [0.3, 0.4) is 0 Å². The van der Waals surface area contributed by atoms with Crippen LogP contribution in [-0.2, 0) is 14.8 Å². The number of rotatable bonds is 8. The van der Waals surface area contributed by atoms with Crippen LogP contribution in [0.1, 0.15) is 12.8 Å². The molecule has 7 nitrogen and oxygen atoms in total. The molecule has 21 heavy (non-hydrogen) atoms. The van der Waals surface area contributed by atoms with Crippen LogP contribution < -0.4 is 9.46 Å². The monoisotopic (exact) mass is 315 g/mol. The van der Waals surface area contributed by atoms with Crippen molar-refractivity contribution < 1.29 is 28.2 Å². The average Bonchev–Trinajstić information content (AvgIpc) is 3.27. The summed E-state index contributed by atoms with van der Waals surface area (Å²) in [5.41, 5.74) is 0. The molecule has 1 fully saturated rings. The number of benzene rings is 1. The number of nitrogens with one attached hydrogen (secondary N) is 1. The molecule has 116 valence electrons. The number of carboxylic acids is 1. The third-order valence-corrected chi connectivity index (χ3v) is 4.58. The highest BCUT2D eigenvalue weighted by atomic mass is 32.2. The van der Waals surface area contributed by atoms with E-state index in [1.54, 1.807) is 0 Å². The van der Waals surface area contributed by atoms with Gasteiger partial charge >= 0.3 is 5.97 Å². The molecule has 1 aliphatic rings. The highest BCUT2D eigenvalue weighted by molar-refractivity contribution is 7.89. The van der Waals surface area contributed by atoms with E-state index in [0.717, 1.165) is 12.8 Å². The molecular formula is C13H17NO6S. The van der Waals surface area contributed by atoms with Gasteiger partial charge in [-0.25, -0.2) is 17.9 Å². The Hall–Kier alpha value is -1.64. The lowest BCUT2D eigenvalue weighted by atomic mass is 10.2. The van der Waals surface area contributed by atoms with Crippen LogP contribution in [0, 0.1) is 5.92 Å². The van der Waals surface area contributed by atoms with Crippen LogP contribution in [-0.4, -0.2) is 43.9 Å². The second-order valence-electron chi connectivity index (χ2n) is 4.91. The van der Waals surface area contributed by atoms with Gasteiger partial charge in [0.1, 0.15) is 5.75 Å². The number of sulfonamides is 1. The van der Waals surface area contributed by atoms with Gasteiger partial charge in [-0.05, 0) is 43.0 Å². The quantitative estimate of drug-likeness (QED) is 0.631. The third-order valence-electron chi connectivity index (χ3n) is 3.14. The molecule has 3 N–H and O–H groups in total. The minimum absolute atomic E-state index is 0.00966. The number of ether oxygens (including phenoxy) is 1. The lowest BCUT2D eigenvalue weighted by molar-refractivity contribution is -0.139. The van der Waals surface area contributed by atoms with E-state index in [9.17, 15) is 18.3 Å². The molecular weight excluding hydrogens is 298 g/mol. The predicted molar refractivity (Wildman–Crippen MR) is 73.5 cm³/mol. The Kier molecular flexibility index (Phi) is 4.81. The molecule has 0 heterocycles. The Labute approximate surface area is 122 Å². The van der Waals surface area contributed by atoms with E-state index in [0.29, 0.717) is 0 Å². The maximum atomic E-state index is 12.0. The highest BCUT2D eigenvalue weighted by Crippen LogP contribution is 2.32. The molecule has 1 aromatic carbocycles. The summed E-state index contributed by atoms with van der Waals surface area (Å²) >= 11 is 0. The maximum absolute atomic E-state index is 12.0. The van der Waals surface area contributed by atoms with Crippen molar-refractivity contribution in [3.05, 3.63) is 24.3 Å². The van der Waals surface area contributed by atoms with Crippen molar-refractivity contribution in [3.8, 4) is 5.75 Å². The van der Waals surface area contributed by atoms with Crippen LogP contribution in [0.2, 0.25) is 0 Å². The molecule has 0 radical (unpaired) electrons. The molecule has 8 heteroatoms. The van der Waals surface area contributed by atoms with E-state index in [1.807, 2.05) is 0 Å². The van der Waals surface area contributed by atoms with Gasteiger partial charge in [0.25, 0.3) is 0 Å². The first-order chi connectivity index (χ1) is 9.88. The van der Waals surface area contributed by atoms with Crippen LogP contribution in [0.25, 0.3) is 0 Å². The van der Waals surface area contributed by atoms with Crippen molar-refractivity contribution >= 4 is 16.0 Å². The topological polar surface area (TPSA) is 113 Å². The largest absolute Gasteiger partial charge is 0.482 e. The normalized spacial score (nSPS) is 16.4. The standard InChI is InChI=1S/C13H17NO6S/c15-12(9-1-2-9)7-14-21(18,19)11-5-3-10(4-6-11)20-8-13(16)17/h3-6,9,12,14-15H,1-2,7-8H2,(H,16,17). The number of hydrogen-bond acceptors (Lipinski definition) is 5. The van der Waals surface area contributed by atoms with Gasteiger partial charge in [0, 0.05) is 6.54 Å². The summed E-state index contributed by atoms with van der Waals surface area (Å²) in [6.45, 7) is -0.498. The van der Waals surface area contributed by atoms with Gasteiger partial charge in [-0.1, -0.05) is 0 Å². The van der Waals surface area contributed by atoms with E-state index in [2.05, 4.69) is 4.72 Å². The molecule has 0 bridgehead atoms. The zero-order valence-corrected chi connectivity index (χ0v) is 12.0. The smallest absolute Gasteiger partial charge is 0.341 e. The Morgan fingerprint density at radius 1 is 1.33 bits per heavy atom. The molecule has 0 saturated heterocycles. The van der Waals surface area contributed by atoms with Crippen molar-refractivity contribution in [2.75, 3.05) is 13.2 Å². The summed E-state index contributed by atoms with van der Waals surface area (Å²) in [5, 5.41) is 18.1. The van der Waals surface area contributed by atoms with Crippen LogP contribution in [0.15, 0.2) is 29.2 Å². The fourth-order valence-electron chi connectivity index (χ4n) is 1.79. The predicted octanol–water partition coefficient (Wildman–Crippen LogP) is 0.199. The van der Waals surface area contributed by atoms with Crippen molar-refractivity contribution in [2.24, 2.45) is 5.92 Å². The lowest BCUT2D eigenvalue weighted by Crippen LogP contribution is -2.33. The molecule has 1 atom stereocenters. The number of carbonyl (C=O) groups is 1. The maximum Gasteiger partial charge on any atom is 0.341 e. The zero-order valence-electron chi connectivity index (χ0n) is 11.2. The molecule has 1 unspecified atom stereocenters. The summed E-state index contributed by atoms with van der Waals surface area (Å²) < 4.78 is 31.3. The Morgan fingerprint density at radius 3 is 2.48 bits per heavy atom. The van der Waals surface area contributed by atoms with Crippen LogP contribution in [0.4, 0.5) is 0 Å². The van der Waals surface area contributed by atoms with Gasteiger partial charge in [0.05, 0.1) is 11.0 Å². The van der Waals surface area contributed by atoms with Gasteiger partial charge < -0.3 is 14.9 Å². The van der Waals surface area contributed by atoms with Crippen molar-refractivity contribution in [2.45, 2.75) is 23.8 Å². The van der Waals surface area contributed by atoms with Crippen molar-refractivity contribution in [1.29, 1.82) is 0 Å². The third kappa shape index (κ3) is 4.69. The Bertz CT molecular complexity index is 594. The molecule has 2 rings (SSSR count). The van der Waals surface area contributed by atoms with E-state index >= 15 is 0 Å². The molecule has 0 aromatic heterocycles. The van der Waals surface area contributed by atoms with Gasteiger partial charge in [0.15, 0.2) is 6.61 Å². The average molecular weight is 315 g/mol. The fourth-order valence-corrected chi connectivity index (χ4v) is 2.84. The first-order valence-electron chi connectivity index (χ1n) is 6.51. The molecule has 1 saturated carbocycles. The van der Waals surface area contributed by atoms with E-state index in [1.165, 1.54) is 24.3 Å². The van der Waals surface area contributed by atoms with Crippen LogP contribution >= 0.6 is 0 Å². The van der Waals surface area contributed by atoms with E-state index in [-0.39, 0.29) is 23.1 Å².